The Morgan fingerprint density at radius 3 is 2.23 bits per heavy atom. The van der Waals surface area contributed by atoms with E-state index in [1.165, 1.54) is 12.1 Å². The van der Waals surface area contributed by atoms with E-state index in [2.05, 4.69) is 5.16 Å². The second kappa shape index (κ2) is 8.51. The van der Waals surface area contributed by atoms with Crippen LogP contribution in [0, 0.1) is 5.92 Å². The third-order valence-corrected chi connectivity index (χ3v) is 4.33. The van der Waals surface area contributed by atoms with Crippen LogP contribution in [0.25, 0.3) is 0 Å². The van der Waals surface area contributed by atoms with Gasteiger partial charge in [0.05, 0.1) is 11.3 Å². The molecule has 0 unspecified atom stereocenters. The first-order valence-corrected chi connectivity index (χ1v) is 8.74. The van der Waals surface area contributed by atoms with Crippen LogP contribution < -0.4 is 0 Å². The van der Waals surface area contributed by atoms with E-state index in [-0.39, 0.29) is 28.8 Å². The van der Waals surface area contributed by atoms with Gasteiger partial charge in [0.1, 0.15) is 6.61 Å². The van der Waals surface area contributed by atoms with Crippen molar-refractivity contribution in [3.63, 3.8) is 0 Å². The summed E-state index contributed by atoms with van der Waals surface area (Å²) in [6.45, 7) is 3.44. The molecule has 2 aromatic rings. The van der Waals surface area contributed by atoms with Gasteiger partial charge < -0.3 is 4.84 Å². The van der Waals surface area contributed by atoms with Crippen LogP contribution in [0.4, 0.5) is 13.2 Å². The maximum atomic E-state index is 13.3. The zero-order valence-corrected chi connectivity index (χ0v) is 16.1. The fourth-order valence-electron chi connectivity index (χ4n) is 2.25. The van der Waals surface area contributed by atoms with E-state index < -0.39 is 11.7 Å². The van der Waals surface area contributed by atoms with Crippen molar-refractivity contribution in [1.29, 1.82) is 0 Å². The lowest BCUT2D eigenvalue weighted by Crippen LogP contribution is -2.18. The highest BCUT2D eigenvalue weighted by molar-refractivity contribution is 6.35. The lowest BCUT2D eigenvalue weighted by Gasteiger charge is -2.17. The Kier molecular flexibility index (Phi) is 6.83. The standard InChI is InChI=1S/C18H15Cl3F3NO/c1-10(2)17(14-7-12(19)5-6-15(14)18(22,23)24)25-26-9-11-3-4-13(20)8-16(11)21/h3-8,10H,9H2,1-2H3/b25-17+. The van der Waals surface area contributed by atoms with E-state index in [0.717, 1.165) is 6.07 Å². The van der Waals surface area contributed by atoms with Crippen molar-refractivity contribution >= 4 is 40.5 Å². The predicted octanol–water partition coefficient (Wildman–Crippen LogP) is 7.24. The van der Waals surface area contributed by atoms with Crippen LogP contribution in [0.2, 0.25) is 15.1 Å². The fraction of sp³-hybridized carbons (Fsp3) is 0.278. The van der Waals surface area contributed by atoms with Crippen LogP contribution in [-0.2, 0) is 17.6 Å². The molecule has 0 aliphatic carbocycles. The first kappa shape index (κ1) is 20.9. The molecule has 0 radical (unpaired) electrons. The molecule has 8 heteroatoms. The Bertz CT molecular complexity index is 820. The molecule has 2 rings (SSSR count). The van der Waals surface area contributed by atoms with Gasteiger partial charge in [0.15, 0.2) is 0 Å². The summed E-state index contributed by atoms with van der Waals surface area (Å²) in [5.74, 6) is -0.324. The number of oxime groups is 1. The van der Waals surface area contributed by atoms with Crippen LogP contribution in [0.3, 0.4) is 0 Å². The molecule has 2 nitrogen and oxygen atoms in total. The molecule has 0 heterocycles. The highest BCUT2D eigenvalue weighted by atomic mass is 35.5. The molecule has 0 atom stereocenters. The number of hydrogen-bond donors (Lipinski definition) is 0. The molecule has 140 valence electrons. The monoisotopic (exact) mass is 423 g/mol. The molecule has 0 amide bonds. The summed E-state index contributed by atoms with van der Waals surface area (Å²) in [6, 6.07) is 8.22. The molecule has 0 aromatic heterocycles. The lowest BCUT2D eigenvalue weighted by molar-refractivity contribution is -0.137. The molecule has 0 fully saturated rings. The van der Waals surface area contributed by atoms with Gasteiger partial charge in [0, 0.05) is 26.2 Å². The predicted molar refractivity (Wildman–Crippen MR) is 99.1 cm³/mol. The molecular weight excluding hydrogens is 410 g/mol. The molecule has 0 saturated carbocycles. The third kappa shape index (κ3) is 5.29. The molecule has 0 saturated heterocycles. The average Bonchev–Trinajstić information content (AvgIpc) is 2.51. The van der Waals surface area contributed by atoms with Gasteiger partial charge in [-0.1, -0.05) is 59.9 Å². The fourth-order valence-corrected chi connectivity index (χ4v) is 2.89. The van der Waals surface area contributed by atoms with Crippen LogP contribution >= 0.6 is 34.8 Å². The quantitative estimate of drug-likeness (QED) is 0.366. The zero-order chi connectivity index (χ0) is 19.5. The van der Waals surface area contributed by atoms with E-state index in [1.807, 2.05) is 0 Å². The number of alkyl halides is 3. The summed E-state index contributed by atoms with van der Waals surface area (Å²) >= 11 is 17.8. The van der Waals surface area contributed by atoms with Crippen LogP contribution in [0.15, 0.2) is 41.6 Å². The SMILES string of the molecule is CC(C)/C(=N\OCc1ccc(Cl)cc1Cl)c1cc(Cl)ccc1C(F)(F)F. The van der Waals surface area contributed by atoms with Crippen molar-refractivity contribution in [3.8, 4) is 0 Å². The van der Waals surface area contributed by atoms with Crippen molar-refractivity contribution in [1.82, 2.24) is 0 Å². The van der Waals surface area contributed by atoms with Gasteiger partial charge in [-0.2, -0.15) is 13.2 Å². The maximum absolute atomic E-state index is 13.3. The largest absolute Gasteiger partial charge is 0.417 e. The smallest absolute Gasteiger partial charge is 0.391 e. The van der Waals surface area contributed by atoms with E-state index in [1.54, 1.807) is 32.0 Å². The highest BCUT2D eigenvalue weighted by Crippen LogP contribution is 2.34. The topological polar surface area (TPSA) is 21.6 Å². The molecular formula is C18H15Cl3F3NO. The minimum atomic E-state index is -4.53. The molecule has 0 aliphatic rings. The molecule has 0 N–H and O–H groups in total. The number of halogens is 6. The van der Waals surface area contributed by atoms with Crippen molar-refractivity contribution in [3.05, 3.63) is 68.2 Å². The van der Waals surface area contributed by atoms with Crippen LogP contribution in [-0.4, -0.2) is 5.71 Å². The Hall–Kier alpha value is -1.43. The Balaban J connectivity index is 2.34. The summed E-state index contributed by atoms with van der Waals surface area (Å²) < 4.78 is 39.9. The second-order valence-electron chi connectivity index (χ2n) is 5.83. The van der Waals surface area contributed by atoms with E-state index in [9.17, 15) is 13.2 Å². The molecule has 26 heavy (non-hydrogen) atoms. The molecule has 0 bridgehead atoms. The summed E-state index contributed by atoms with van der Waals surface area (Å²) in [6.07, 6.45) is -4.53. The summed E-state index contributed by atoms with van der Waals surface area (Å²) in [5, 5.41) is 4.97. The van der Waals surface area contributed by atoms with Gasteiger partial charge in [0.2, 0.25) is 0 Å². The molecule has 2 aromatic carbocycles. The highest BCUT2D eigenvalue weighted by Gasteiger charge is 2.35. The van der Waals surface area contributed by atoms with Gasteiger partial charge in [-0.25, -0.2) is 0 Å². The lowest BCUT2D eigenvalue weighted by atomic mass is 9.95. The van der Waals surface area contributed by atoms with Crippen molar-refractivity contribution in [2.45, 2.75) is 26.6 Å². The van der Waals surface area contributed by atoms with Crippen molar-refractivity contribution in [2.24, 2.45) is 11.1 Å². The van der Waals surface area contributed by atoms with Crippen LogP contribution in [0.5, 0.6) is 0 Å². The maximum Gasteiger partial charge on any atom is 0.417 e. The summed E-state index contributed by atoms with van der Waals surface area (Å²) in [5.41, 5.74) is -0.167. The number of nitrogens with zero attached hydrogens (tertiary/aromatic N) is 1. The van der Waals surface area contributed by atoms with Gasteiger partial charge in [-0.3, -0.25) is 0 Å². The number of benzene rings is 2. The van der Waals surface area contributed by atoms with Crippen molar-refractivity contribution < 1.29 is 18.0 Å². The van der Waals surface area contributed by atoms with Crippen molar-refractivity contribution in [2.75, 3.05) is 0 Å². The molecule has 0 spiro atoms. The minimum absolute atomic E-state index is 0.00581. The number of hydrogen-bond acceptors (Lipinski definition) is 2. The Morgan fingerprint density at radius 2 is 1.65 bits per heavy atom. The second-order valence-corrected chi connectivity index (χ2v) is 7.11. The van der Waals surface area contributed by atoms with E-state index in [0.29, 0.717) is 15.6 Å². The van der Waals surface area contributed by atoms with Gasteiger partial charge in [-0.15, -0.1) is 0 Å². The van der Waals surface area contributed by atoms with Gasteiger partial charge in [-0.05, 0) is 36.2 Å². The Labute approximate surface area is 164 Å². The third-order valence-electron chi connectivity index (χ3n) is 3.51. The normalized spacial score (nSPS) is 12.6. The van der Waals surface area contributed by atoms with E-state index in [4.69, 9.17) is 39.6 Å². The average molecular weight is 425 g/mol. The van der Waals surface area contributed by atoms with Gasteiger partial charge >= 0.3 is 6.18 Å². The van der Waals surface area contributed by atoms with E-state index >= 15 is 0 Å². The first-order chi connectivity index (χ1) is 12.1. The van der Waals surface area contributed by atoms with Crippen LogP contribution in [0.1, 0.15) is 30.5 Å². The minimum Gasteiger partial charge on any atom is -0.391 e. The Morgan fingerprint density at radius 1 is 1.04 bits per heavy atom. The summed E-state index contributed by atoms with van der Waals surface area (Å²) in [4.78, 5) is 5.28. The number of rotatable bonds is 5. The summed E-state index contributed by atoms with van der Waals surface area (Å²) in [7, 11) is 0. The molecule has 0 aliphatic heterocycles. The van der Waals surface area contributed by atoms with Gasteiger partial charge in [0.25, 0.3) is 0 Å². The zero-order valence-electron chi connectivity index (χ0n) is 13.9. The first-order valence-electron chi connectivity index (χ1n) is 7.60.